The maximum atomic E-state index is 12.2. The Morgan fingerprint density at radius 3 is 2.46 bits per heavy atom. The van der Waals surface area contributed by atoms with Crippen molar-refractivity contribution in [2.75, 3.05) is 0 Å². The standard InChI is InChI=1S/C21H24N2O/c1-21(2,3)17-10-8-15(9-11-17)13-23-20(24)12-16-14-22-19-7-5-4-6-18(16)19/h4-11,14,22H,12-13H2,1-3H3,(H,23,24). The molecule has 3 heteroatoms. The van der Waals surface area contributed by atoms with E-state index in [4.69, 9.17) is 0 Å². The zero-order valence-corrected chi connectivity index (χ0v) is 14.5. The lowest BCUT2D eigenvalue weighted by molar-refractivity contribution is -0.120. The van der Waals surface area contributed by atoms with Crippen LogP contribution in [0.2, 0.25) is 0 Å². The van der Waals surface area contributed by atoms with Gasteiger partial charge in [0.1, 0.15) is 0 Å². The number of fused-ring (bicyclic) bond motifs is 1. The molecule has 0 saturated heterocycles. The van der Waals surface area contributed by atoms with Crippen molar-refractivity contribution in [1.29, 1.82) is 0 Å². The van der Waals surface area contributed by atoms with E-state index in [0.29, 0.717) is 13.0 Å². The number of hydrogen-bond donors (Lipinski definition) is 2. The molecule has 0 aliphatic carbocycles. The van der Waals surface area contributed by atoms with Crippen molar-refractivity contribution in [2.24, 2.45) is 0 Å². The van der Waals surface area contributed by atoms with E-state index in [-0.39, 0.29) is 11.3 Å². The third-order valence-electron chi connectivity index (χ3n) is 4.34. The number of carbonyl (C=O) groups is 1. The molecule has 1 aromatic heterocycles. The SMILES string of the molecule is CC(C)(C)c1ccc(CNC(=O)Cc2c[nH]c3ccccc23)cc1. The summed E-state index contributed by atoms with van der Waals surface area (Å²) in [5.41, 5.74) is 4.67. The van der Waals surface area contributed by atoms with Gasteiger partial charge >= 0.3 is 0 Å². The molecule has 0 aliphatic rings. The molecule has 0 radical (unpaired) electrons. The van der Waals surface area contributed by atoms with E-state index >= 15 is 0 Å². The van der Waals surface area contributed by atoms with Crippen LogP contribution in [0.5, 0.6) is 0 Å². The van der Waals surface area contributed by atoms with Crippen LogP contribution in [0, 0.1) is 0 Å². The quantitative estimate of drug-likeness (QED) is 0.738. The summed E-state index contributed by atoms with van der Waals surface area (Å²) in [5.74, 6) is 0.0413. The Morgan fingerprint density at radius 1 is 1.04 bits per heavy atom. The number of amides is 1. The molecule has 1 amide bonds. The second-order valence-electron chi connectivity index (χ2n) is 7.26. The molecule has 0 aliphatic heterocycles. The van der Waals surface area contributed by atoms with Crippen molar-refractivity contribution in [2.45, 2.75) is 39.2 Å². The van der Waals surface area contributed by atoms with E-state index in [1.165, 1.54) is 5.56 Å². The number of hydrogen-bond acceptors (Lipinski definition) is 1. The highest BCUT2D eigenvalue weighted by Gasteiger charge is 2.13. The normalized spacial score (nSPS) is 11.6. The Labute approximate surface area is 143 Å². The topological polar surface area (TPSA) is 44.9 Å². The van der Waals surface area contributed by atoms with Crippen LogP contribution < -0.4 is 5.32 Å². The number of H-pyrrole nitrogens is 1. The summed E-state index contributed by atoms with van der Waals surface area (Å²) in [6.07, 6.45) is 2.31. The number of carbonyl (C=O) groups excluding carboxylic acids is 1. The van der Waals surface area contributed by atoms with E-state index in [9.17, 15) is 4.79 Å². The fourth-order valence-electron chi connectivity index (χ4n) is 2.84. The van der Waals surface area contributed by atoms with Crippen LogP contribution in [0.3, 0.4) is 0 Å². The molecule has 0 fully saturated rings. The predicted molar refractivity (Wildman–Crippen MR) is 99.0 cm³/mol. The first-order chi connectivity index (χ1) is 11.4. The van der Waals surface area contributed by atoms with E-state index < -0.39 is 0 Å². The average molecular weight is 320 g/mol. The van der Waals surface area contributed by atoms with Gasteiger partial charge in [0.15, 0.2) is 0 Å². The maximum Gasteiger partial charge on any atom is 0.224 e. The summed E-state index contributed by atoms with van der Waals surface area (Å²) in [7, 11) is 0. The number of aromatic nitrogens is 1. The van der Waals surface area contributed by atoms with Crippen LogP contribution in [0.25, 0.3) is 10.9 Å². The first kappa shape index (κ1) is 16.3. The monoisotopic (exact) mass is 320 g/mol. The summed E-state index contributed by atoms with van der Waals surface area (Å²) in [6.45, 7) is 7.16. The van der Waals surface area contributed by atoms with Crippen molar-refractivity contribution in [1.82, 2.24) is 10.3 Å². The average Bonchev–Trinajstić information content (AvgIpc) is 2.96. The van der Waals surface area contributed by atoms with E-state index in [1.54, 1.807) is 0 Å². The highest BCUT2D eigenvalue weighted by atomic mass is 16.1. The van der Waals surface area contributed by atoms with E-state index in [1.807, 2.05) is 30.5 Å². The zero-order valence-electron chi connectivity index (χ0n) is 14.5. The van der Waals surface area contributed by atoms with Gasteiger partial charge in [-0.1, -0.05) is 63.2 Å². The second kappa shape index (κ2) is 6.52. The van der Waals surface area contributed by atoms with Crippen LogP contribution in [0.15, 0.2) is 54.7 Å². The molecule has 0 saturated carbocycles. The fraction of sp³-hybridized carbons (Fsp3) is 0.286. The van der Waals surface area contributed by atoms with Crippen LogP contribution in [-0.2, 0) is 23.2 Å². The van der Waals surface area contributed by atoms with Gasteiger partial charge in [0, 0.05) is 23.6 Å². The largest absolute Gasteiger partial charge is 0.361 e. The molecule has 3 rings (SSSR count). The molecule has 0 bridgehead atoms. The molecule has 0 unspecified atom stereocenters. The third kappa shape index (κ3) is 3.67. The van der Waals surface area contributed by atoms with Gasteiger partial charge in [-0.25, -0.2) is 0 Å². The van der Waals surface area contributed by atoms with Gasteiger partial charge in [0.05, 0.1) is 6.42 Å². The van der Waals surface area contributed by atoms with Gasteiger partial charge in [-0.2, -0.15) is 0 Å². The fourth-order valence-corrected chi connectivity index (χ4v) is 2.84. The third-order valence-corrected chi connectivity index (χ3v) is 4.34. The summed E-state index contributed by atoms with van der Waals surface area (Å²) in [5, 5.41) is 4.12. The van der Waals surface area contributed by atoms with Crippen molar-refractivity contribution >= 4 is 16.8 Å². The van der Waals surface area contributed by atoms with Crippen molar-refractivity contribution < 1.29 is 4.79 Å². The molecule has 2 aromatic carbocycles. The van der Waals surface area contributed by atoms with Gasteiger partial charge in [0.2, 0.25) is 5.91 Å². The number of aromatic amines is 1. The zero-order chi connectivity index (χ0) is 17.2. The van der Waals surface area contributed by atoms with Crippen LogP contribution in [0.1, 0.15) is 37.5 Å². The van der Waals surface area contributed by atoms with E-state index in [2.05, 4.69) is 55.3 Å². The Balaban J connectivity index is 1.59. The van der Waals surface area contributed by atoms with Crippen LogP contribution >= 0.6 is 0 Å². The molecule has 1 heterocycles. The van der Waals surface area contributed by atoms with Crippen LogP contribution in [-0.4, -0.2) is 10.9 Å². The van der Waals surface area contributed by atoms with Gasteiger partial charge in [0.25, 0.3) is 0 Å². The Kier molecular flexibility index (Phi) is 4.43. The first-order valence-corrected chi connectivity index (χ1v) is 8.34. The number of para-hydroxylation sites is 1. The minimum Gasteiger partial charge on any atom is -0.361 e. The molecular formula is C21H24N2O. The summed E-state index contributed by atoms with van der Waals surface area (Å²) < 4.78 is 0. The number of nitrogens with one attached hydrogen (secondary N) is 2. The summed E-state index contributed by atoms with van der Waals surface area (Å²) in [6, 6.07) is 16.5. The van der Waals surface area contributed by atoms with Crippen molar-refractivity contribution in [3.8, 4) is 0 Å². The lowest BCUT2D eigenvalue weighted by Gasteiger charge is -2.19. The molecule has 3 nitrogen and oxygen atoms in total. The van der Waals surface area contributed by atoms with Crippen molar-refractivity contribution in [3.63, 3.8) is 0 Å². The Hall–Kier alpha value is -2.55. The smallest absolute Gasteiger partial charge is 0.224 e. The number of benzene rings is 2. The Bertz CT molecular complexity index is 838. The van der Waals surface area contributed by atoms with Gasteiger partial charge in [-0.05, 0) is 28.2 Å². The van der Waals surface area contributed by atoms with Crippen LogP contribution in [0.4, 0.5) is 0 Å². The van der Waals surface area contributed by atoms with Gasteiger partial charge in [-0.3, -0.25) is 4.79 Å². The van der Waals surface area contributed by atoms with E-state index in [0.717, 1.165) is 22.0 Å². The lowest BCUT2D eigenvalue weighted by Crippen LogP contribution is -2.24. The molecule has 0 spiro atoms. The Morgan fingerprint density at radius 2 is 1.75 bits per heavy atom. The molecule has 24 heavy (non-hydrogen) atoms. The van der Waals surface area contributed by atoms with Crippen molar-refractivity contribution in [3.05, 3.63) is 71.4 Å². The highest BCUT2D eigenvalue weighted by molar-refractivity contribution is 5.88. The predicted octanol–water partition coefficient (Wildman–Crippen LogP) is 4.32. The molecule has 2 N–H and O–H groups in total. The minimum atomic E-state index is 0.0413. The maximum absolute atomic E-state index is 12.2. The molecular weight excluding hydrogens is 296 g/mol. The number of rotatable bonds is 4. The molecule has 0 atom stereocenters. The summed E-state index contributed by atoms with van der Waals surface area (Å²) >= 11 is 0. The van der Waals surface area contributed by atoms with Gasteiger partial charge in [-0.15, -0.1) is 0 Å². The minimum absolute atomic E-state index is 0.0413. The lowest BCUT2D eigenvalue weighted by atomic mass is 9.87. The molecule has 3 aromatic rings. The second-order valence-corrected chi connectivity index (χ2v) is 7.26. The summed E-state index contributed by atoms with van der Waals surface area (Å²) in [4.78, 5) is 15.4. The van der Waals surface area contributed by atoms with Gasteiger partial charge < -0.3 is 10.3 Å². The highest BCUT2D eigenvalue weighted by Crippen LogP contribution is 2.22. The molecule has 124 valence electrons. The first-order valence-electron chi connectivity index (χ1n) is 8.34.